The standard InChI is InChI=1S/C18H23N5O4/c1-22-14-3-2-12(15(24)21-18(16(25)26)4-5-19-11-18)10-13(14)20-17(22)23-6-8-27-9-7-23/h2-3,10,19H,4-9,11H2,1H3,(H,21,24)(H,25,26). The monoisotopic (exact) mass is 373 g/mol. The molecule has 2 aliphatic heterocycles. The highest BCUT2D eigenvalue weighted by Crippen LogP contribution is 2.24. The molecule has 0 saturated carbocycles. The number of nitrogens with one attached hydrogen (secondary N) is 2. The van der Waals surface area contributed by atoms with Gasteiger partial charge in [-0.1, -0.05) is 0 Å². The Kier molecular flexibility index (Phi) is 4.48. The van der Waals surface area contributed by atoms with E-state index in [0.29, 0.717) is 37.3 Å². The van der Waals surface area contributed by atoms with Crippen LogP contribution >= 0.6 is 0 Å². The number of aromatic nitrogens is 2. The number of aliphatic carboxylic acids is 1. The highest BCUT2D eigenvalue weighted by atomic mass is 16.5. The summed E-state index contributed by atoms with van der Waals surface area (Å²) in [5, 5.41) is 15.2. The fourth-order valence-corrected chi connectivity index (χ4v) is 3.70. The lowest BCUT2D eigenvalue weighted by Crippen LogP contribution is -2.56. The quantitative estimate of drug-likeness (QED) is 0.690. The van der Waals surface area contributed by atoms with Crippen LogP contribution in [0.5, 0.6) is 0 Å². The van der Waals surface area contributed by atoms with E-state index in [9.17, 15) is 14.7 Å². The third-order valence-corrected chi connectivity index (χ3v) is 5.33. The average Bonchev–Trinajstić information content (AvgIpc) is 3.28. The van der Waals surface area contributed by atoms with Crippen molar-refractivity contribution in [2.45, 2.75) is 12.0 Å². The molecule has 1 aromatic carbocycles. The largest absolute Gasteiger partial charge is 0.479 e. The molecule has 9 heteroatoms. The van der Waals surface area contributed by atoms with Gasteiger partial charge < -0.3 is 29.9 Å². The van der Waals surface area contributed by atoms with Crippen LogP contribution in [0.25, 0.3) is 11.0 Å². The number of aryl methyl sites for hydroxylation is 1. The van der Waals surface area contributed by atoms with Crippen molar-refractivity contribution < 1.29 is 19.4 Å². The molecule has 27 heavy (non-hydrogen) atoms. The number of benzene rings is 1. The van der Waals surface area contributed by atoms with E-state index in [4.69, 9.17) is 4.74 Å². The number of ether oxygens (including phenoxy) is 1. The fraction of sp³-hybridized carbons (Fsp3) is 0.500. The van der Waals surface area contributed by atoms with Gasteiger partial charge in [-0.3, -0.25) is 4.79 Å². The molecule has 1 unspecified atom stereocenters. The number of carboxylic acids is 1. The number of imidazole rings is 1. The lowest BCUT2D eigenvalue weighted by molar-refractivity contribution is -0.143. The van der Waals surface area contributed by atoms with Gasteiger partial charge >= 0.3 is 5.97 Å². The van der Waals surface area contributed by atoms with Crippen LogP contribution in [0.1, 0.15) is 16.8 Å². The Balaban J connectivity index is 1.61. The first-order valence-corrected chi connectivity index (χ1v) is 9.06. The summed E-state index contributed by atoms with van der Waals surface area (Å²) >= 11 is 0. The van der Waals surface area contributed by atoms with Gasteiger partial charge in [0.1, 0.15) is 0 Å². The summed E-state index contributed by atoms with van der Waals surface area (Å²) in [6, 6.07) is 5.27. The molecule has 3 heterocycles. The zero-order chi connectivity index (χ0) is 19.0. The summed E-state index contributed by atoms with van der Waals surface area (Å²) in [6.07, 6.45) is 0.362. The van der Waals surface area contributed by atoms with Crippen molar-refractivity contribution in [3.63, 3.8) is 0 Å². The maximum atomic E-state index is 12.7. The van der Waals surface area contributed by atoms with E-state index in [1.54, 1.807) is 12.1 Å². The minimum Gasteiger partial charge on any atom is -0.479 e. The number of rotatable bonds is 4. The van der Waals surface area contributed by atoms with Crippen LogP contribution in [0.2, 0.25) is 0 Å². The van der Waals surface area contributed by atoms with Crippen molar-refractivity contribution in [1.82, 2.24) is 20.2 Å². The van der Waals surface area contributed by atoms with Crippen LogP contribution in [0.3, 0.4) is 0 Å². The van der Waals surface area contributed by atoms with Crippen molar-refractivity contribution >= 4 is 28.9 Å². The molecule has 2 aromatic rings. The van der Waals surface area contributed by atoms with Gasteiger partial charge in [-0.2, -0.15) is 0 Å². The molecule has 2 aliphatic rings. The zero-order valence-electron chi connectivity index (χ0n) is 15.2. The summed E-state index contributed by atoms with van der Waals surface area (Å²) in [6.45, 7) is 3.68. The number of carbonyl (C=O) groups is 2. The SMILES string of the molecule is Cn1c(N2CCOCC2)nc2cc(C(=O)NC3(C(=O)O)CCNC3)ccc21. The summed E-state index contributed by atoms with van der Waals surface area (Å²) in [7, 11) is 1.95. The molecule has 1 atom stereocenters. The molecule has 144 valence electrons. The number of amides is 1. The van der Waals surface area contributed by atoms with Crippen molar-refractivity contribution in [3.8, 4) is 0 Å². The molecule has 0 spiro atoms. The first-order chi connectivity index (χ1) is 13.0. The second kappa shape index (κ2) is 6.82. The highest BCUT2D eigenvalue weighted by molar-refractivity contribution is 6.00. The molecular weight excluding hydrogens is 350 g/mol. The second-order valence-corrected chi connectivity index (χ2v) is 7.04. The van der Waals surface area contributed by atoms with E-state index in [0.717, 1.165) is 24.6 Å². The molecule has 1 amide bonds. The van der Waals surface area contributed by atoms with Gasteiger partial charge in [0, 0.05) is 32.2 Å². The normalized spacial score (nSPS) is 22.9. The Morgan fingerprint density at radius 1 is 1.33 bits per heavy atom. The third kappa shape index (κ3) is 3.13. The van der Waals surface area contributed by atoms with Gasteiger partial charge in [0.15, 0.2) is 5.54 Å². The number of carboxylic acid groups (broad SMARTS) is 1. The van der Waals surface area contributed by atoms with Crippen LogP contribution in [0.15, 0.2) is 18.2 Å². The van der Waals surface area contributed by atoms with Gasteiger partial charge in [-0.25, -0.2) is 9.78 Å². The Labute approximate surface area is 156 Å². The van der Waals surface area contributed by atoms with Gasteiger partial charge in [0.2, 0.25) is 5.95 Å². The zero-order valence-corrected chi connectivity index (χ0v) is 15.2. The first-order valence-electron chi connectivity index (χ1n) is 9.06. The van der Waals surface area contributed by atoms with Crippen molar-refractivity contribution in [3.05, 3.63) is 23.8 Å². The second-order valence-electron chi connectivity index (χ2n) is 7.04. The van der Waals surface area contributed by atoms with Crippen LogP contribution in [-0.2, 0) is 16.6 Å². The lowest BCUT2D eigenvalue weighted by atomic mass is 9.98. The van der Waals surface area contributed by atoms with Crippen LogP contribution in [0, 0.1) is 0 Å². The van der Waals surface area contributed by atoms with E-state index >= 15 is 0 Å². The van der Waals surface area contributed by atoms with E-state index < -0.39 is 17.4 Å². The molecule has 0 radical (unpaired) electrons. The summed E-state index contributed by atoms with van der Waals surface area (Å²) in [5.41, 5.74) is 0.778. The van der Waals surface area contributed by atoms with Gasteiger partial charge in [0.25, 0.3) is 5.91 Å². The molecule has 1 aromatic heterocycles. The average molecular weight is 373 g/mol. The van der Waals surface area contributed by atoms with Crippen LogP contribution in [-0.4, -0.2) is 71.5 Å². The molecule has 4 rings (SSSR count). The predicted octanol–water partition coefficient (Wildman–Crippen LogP) is -0.0436. The van der Waals surface area contributed by atoms with Crippen LogP contribution in [0.4, 0.5) is 5.95 Å². The van der Waals surface area contributed by atoms with E-state index in [2.05, 4.69) is 20.5 Å². The topological polar surface area (TPSA) is 109 Å². The Hall–Kier alpha value is -2.65. The maximum absolute atomic E-state index is 12.7. The van der Waals surface area contributed by atoms with Crippen LogP contribution < -0.4 is 15.5 Å². The maximum Gasteiger partial charge on any atom is 0.330 e. The number of anilines is 1. The minimum absolute atomic E-state index is 0.223. The first kappa shape index (κ1) is 17.7. The number of fused-ring (bicyclic) bond motifs is 1. The van der Waals surface area contributed by atoms with E-state index in [-0.39, 0.29) is 6.54 Å². The lowest BCUT2D eigenvalue weighted by Gasteiger charge is -2.27. The number of morpholine rings is 1. The molecule has 0 bridgehead atoms. The summed E-state index contributed by atoms with van der Waals surface area (Å²) in [4.78, 5) is 31.2. The van der Waals surface area contributed by atoms with Crippen molar-refractivity contribution in [1.29, 1.82) is 0 Å². The third-order valence-electron chi connectivity index (χ3n) is 5.33. The molecular formula is C18H23N5O4. The number of carbonyl (C=O) groups excluding carboxylic acids is 1. The number of nitrogens with zero attached hydrogens (tertiary/aromatic N) is 3. The van der Waals surface area contributed by atoms with E-state index in [1.807, 2.05) is 17.7 Å². The Bertz CT molecular complexity index is 881. The van der Waals surface area contributed by atoms with Gasteiger partial charge in [0.05, 0.1) is 24.2 Å². The summed E-state index contributed by atoms with van der Waals surface area (Å²) in [5.74, 6) is -0.580. The molecule has 0 aliphatic carbocycles. The smallest absolute Gasteiger partial charge is 0.330 e. The number of hydrogen-bond acceptors (Lipinski definition) is 6. The van der Waals surface area contributed by atoms with Crippen molar-refractivity contribution in [2.75, 3.05) is 44.3 Å². The fourth-order valence-electron chi connectivity index (χ4n) is 3.70. The molecule has 3 N–H and O–H groups in total. The highest BCUT2D eigenvalue weighted by Gasteiger charge is 2.43. The van der Waals surface area contributed by atoms with E-state index in [1.165, 1.54) is 0 Å². The molecule has 9 nitrogen and oxygen atoms in total. The molecule has 2 saturated heterocycles. The Morgan fingerprint density at radius 3 is 2.78 bits per heavy atom. The number of hydrogen-bond donors (Lipinski definition) is 3. The Morgan fingerprint density at radius 2 is 2.11 bits per heavy atom. The predicted molar refractivity (Wildman–Crippen MR) is 99.1 cm³/mol. The minimum atomic E-state index is -1.25. The summed E-state index contributed by atoms with van der Waals surface area (Å²) < 4.78 is 7.40. The van der Waals surface area contributed by atoms with Gasteiger partial charge in [-0.05, 0) is 31.2 Å². The van der Waals surface area contributed by atoms with Crippen molar-refractivity contribution in [2.24, 2.45) is 7.05 Å². The van der Waals surface area contributed by atoms with Gasteiger partial charge in [-0.15, -0.1) is 0 Å². The molecule has 2 fully saturated rings.